The van der Waals surface area contributed by atoms with Gasteiger partial charge in [0.2, 0.25) is 21.8 Å². The molecule has 2 aromatic carbocycles. The van der Waals surface area contributed by atoms with Gasteiger partial charge in [0.15, 0.2) is 0 Å². The lowest BCUT2D eigenvalue weighted by Gasteiger charge is -2.32. The van der Waals surface area contributed by atoms with E-state index in [4.69, 9.17) is 4.74 Å². The number of nitrogens with one attached hydrogen (secondary N) is 1. The Balaban J connectivity index is 2.32. The third-order valence-corrected chi connectivity index (χ3v) is 6.81. The molecule has 34 heavy (non-hydrogen) atoms. The number of benzene rings is 2. The lowest BCUT2D eigenvalue weighted by Crippen LogP contribution is -2.53. The Morgan fingerprint density at radius 2 is 1.74 bits per heavy atom. The fourth-order valence-corrected chi connectivity index (χ4v) is 4.26. The highest BCUT2D eigenvalue weighted by atomic mass is 32.2. The zero-order valence-corrected chi connectivity index (χ0v) is 21.3. The molecule has 0 saturated carbocycles. The van der Waals surface area contributed by atoms with E-state index in [1.165, 1.54) is 12.0 Å². The number of carbonyl (C=O) groups excluding carboxylic acids is 2. The number of methoxy groups -OCH3 is 1. The summed E-state index contributed by atoms with van der Waals surface area (Å²) in [7, 11) is -2.29. The molecule has 0 spiro atoms. The molecule has 0 aliphatic rings. The molecular formula is C25H35N3O5S. The Kier molecular flexibility index (Phi) is 9.92. The van der Waals surface area contributed by atoms with E-state index in [1.54, 1.807) is 31.2 Å². The monoisotopic (exact) mass is 489 g/mol. The topological polar surface area (TPSA) is 96.0 Å². The number of rotatable bonds is 12. The minimum absolute atomic E-state index is 0.0367. The van der Waals surface area contributed by atoms with Crippen LogP contribution in [0.15, 0.2) is 54.6 Å². The number of hydrogen-bond acceptors (Lipinski definition) is 5. The predicted octanol–water partition coefficient (Wildman–Crippen LogP) is 2.84. The van der Waals surface area contributed by atoms with Crippen LogP contribution in [0, 0.1) is 0 Å². The van der Waals surface area contributed by atoms with Gasteiger partial charge in [0, 0.05) is 18.7 Å². The van der Waals surface area contributed by atoms with E-state index in [2.05, 4.69) is 5.32 Å². The minimum atomic E-state index is -3.78. The van der Waals surface area contributed by atoms with Gasteiger partial charge in [-0.3, -0.25) is 13.9 Å². The molecule has 0 fully saturated rings. The zero-order valence-electron chi connectivity index (χ0n) is 20.5. The highest BCUT2D eigenvalue weighted by Crippen LogP contribution is 2.23. The summed E-state index contributed by atoms with van der Waals surface area (Å²) in [6, 6.07) is 15.3. The SMILES string of the molecule is CC[C@H](C)NC(=O)[C@H](C)N(CCc1ccccc1)C(=O)CN(c1cccc(OC)c1)S(C)(=O)=O. The molecule has 186 valence electrons. The van der Waals surface area contributed by atoms with E-state index < -0.39 is 28.5 Å². The summed E-state index contributed by atoms with van der Waals surface area (Å²) in [6.07, 6.45) is 2.34. The van der Waals surface area contributed by atoms with Crippen LogP contribution in [0.5, 0.6) is 5.75 Å². The van der Waals surface area contributed by atoms with E-state index in [0.717, 1.165) is 22.5 Å². The van der Waals surface area contributed by atoms with Crippen LogP contribution in [0.4, 0.5) is 5.69 Å². The van der Waals surface area contributed by atoms with Crippen molar-refractivity contribution in [3.63, 3.8) is 0 Å². The highest BCUT2D eigenvalue weighted by Gasteiger charge is 2.30. The second-order valence-corrected chi connectivity index (χ2v) is 10.2. The van der Waals surface area contributed by atoms with Crippen molar-refractivity contribution in [2.45, 2.75) is 45.7 Å². The molecule has 2 amide bonds. The molecule has 0 unspecified atom stereocenters. The van der Waals surface area contributed by atoms with Gasteiger partial charge in [0.05, 0.1) is 19.1 Å². The third kappa shape index (κ3) is 7.76. The van der Waals surface area contributed by atoms with Crippen LogP contribution in [0.25, 0.3) is 0 Å². The van der Waals surface area contributed by atoms with Crippen LogP contribution in [-0.4, -0.2) is 63.7 Å². The summed E-state index contributed by atoms with van der Waals surface area (Å²) in [6.45, 7) is 5.37. The molecule has 2 rings (SSSR count). The molecular weight excluding hydrogens is 454 g/mol. The number of sulfonamides is 1. The number of anilines is 1. The van der Waals surface area contributed by atoms with Crippen LogP contribution in [0.2, 0.25) is 0 Å². The molecule has 0 aromatic heterocycles. The average Bonchev–Trinajstić information content (AvgIpc) is 2.82. The highest BCUT2D eigenvalue weighted by molar-refractivity contribution is 7.92. The van der Waals surface area contributed by atoms with Gasteiger partial charge in [-0.2, -0.15) is 0 Å². The number of amides is 2. The van der Waals surface area contributed by atoms with E-state index in [1.807, 2.05) is 44.2 Å². The molecule has 0 aliphatic heterocycles. The quantitative estimate of drug-likeness (QED) is 0.495. The lowest BCUT2D eigenvalue weighted by molar-refractivity contribution is -0.139. The molecule has 2 aromatic rings. The first kappa shape index (κ1) is 27.2. The van der Waals surface area contributed by atoms with Gasteiger partial charge in [-0.15, -0.1) is 0 Å². The van der Waals surface area contributed by atoms with Crippen molar-refractivity contribution in [3.8, 4) is 5.75 Å². The molecule has 0 aliphatic carbocycles. The van der Waals surface area contributed by atoms with Gasteiger partial charge < -0.3 is 15.0 Å². The molecule has 9 heteroatoms. The maximum absolute atomic E-state index is 13.5. The molecule has 0 saturated heterocycles. The first-order valence-corrected chi connectivity index (χ1v) is 13.2. The molecule has 0 heterocycles. The number of hydrogen-bond donors (Lipinski definition) is 1. The van der Waals surface area contributed by atoms with Gasteiger partial charge in [0.1, 0.15) is 18.3 Å². The summed E-state index contributed by atoms with van der Waals surface area (Å²) in [4.78, 5) is 27.8. The third-order valence-electron chi connectivity index (χ3n) is 5.67. The van der Waals surface area contributed by atoms with Crippen molar-refractivity contribution in [3.05, 3.63) is 60.2 Å². The fourth-order valence-electron chi connectivity index (χ4n) is 3.41. The molecule has 0 radical (unpaired) electrons. The van der Waals surface area contributed by atoms with Crippen LogP contribution in [0.1, 0.15) is 32.8 Å². The summed E-state index contributed by atoms with van der Waals surface area (Å²) < 4.78 is 31.4. The van der Waals surface area contributed by atoms with Crippen molar-refractivity contribution in [1.29, 1.82) is 0 Å². The first-order valence-electron chi connectivity index (χ1n) is 11.3. The summed E-state index contributed by atoms with van der Waals surface area (Å²) in [5.41, 5.74) is 1.33. The predicted molar refractivity (Wildman–Crippen MR) is 134 cm³/mol. The average molecular weight is 490 g/mol. The molecule has 1 N–H and O–H groups in total. The Morgan fingerprint density at radius 3 is 2.32 bits per heavy atom. The number of carbonyl (C=O) groups is 2. The number of ether oxygens (including phenoxy) is 1. The van der Waals surface area contributed by atoms with E-state index in [9.17, 15) is 18.0 Å². The van der Waals surface area contributed by atoms with Crippen molar-refractivity contribution in [2.24, 2.45) is 0 Å². The van der Waals surface area contributed by atoms with Crippen molar-refractivity contribution < 1.29 is 22.7 Å². The Hall–Kier alpha value is -3.07. The second-order valence-electron chi connectivity index (χ2n) is 8.29. The largest absolute Gasteiger partial charge is 0.497 e. The van der Waals surface area contributed by atoms with Gasteiger partial charge in [-0.25, -0.2) is 8.42 Å². The van der Waals surface area contributed by atoms with Gasteiger partial charge >= 0.3 is 0 Å². The zero-order chi connectivity index (χ0) is 25.3. The van der Waals surface area contributed by atoms with Gasteiger partial charge in [0.25, 0.3) is 0 Å². The van der Waals surface area contributed by atoms with E-state index in [-0.39, 0.29) is 18.5 Å². The van der Waals surface area contributed by atoms with Crippen LogP contribution < -0.4 is 14.4 Å². The Labute approximate surface area is 202 Å². The first-order chi connectivity index (χ1) is 16.1. The minimum Gasteiger partial charge on any atom is -0.497 e. The smallest absolute Gasteiger partial charge is 0.244 e. The molecule has 8 nitrogen and oxygen atoms in total. The second kappa shape index (κ2) is 12.4. The van der Waals surface area contributed by atoms with Crippen LogP contribution in [0.3, 0.4) is 0 Å². The summed E-state index contributed by atoms with van der Waals surface area (Å²) in [5.74, 6) is -0.264. The normalized spacial score (nSPS) is 13.0. The van der Waals surface area contributed by atoms with Crippen molar-refractivity contribution in [2.75, 3.05) is 30.8 Å². The number of nitrogens with zero attached hydrogens (tertiary/aromatic N) is 2. The Bertz CT molecular complexity index is 1060. The maximum Gasteiger partial charge on any atom is 0.244 e. The molecule has 2 atom stereocenters. The van der Waals surface area contributed by atoms with Gasteiger partial charge in [-0.05, 0) is 44.4 Å². The maximum atomic E-state index is 13.5. The van der Waals surface area contributed by atoms with E-state index in [0.29, 0.717) is 17.9 Å². The fraction of sp³-hybridized carbons (Fsp3) is 0.440. The summed E-state index contributed by atoms with van der Waals surface area (Å²) in [5, 5.41) is 2.91. The van der Waals surface area contributed by atoms with Crippen LogP contribution in [-0.2, 0) is 26.0 Å². The van der Waals surface area contributed by atoms with Gasteiger partial charge in [-0.1, -0.05) is 43.3 Å². The van der Waals surface area contributed by atoms with Crippen LogP contribution >= 0.6 is 0 Å². The lowest BCUT2D eigenvalue weighted by atomic mass is 10.1. The Morgan fingerprint density at radius 1 is 1.06 bits per heavy atom. The molecule has 0 bridgehead atoms. The summed E-state index contributed by atoms with van der Waals surface area (Å²) >= 11 is 0. The standard InChI is InChI=1S/C25H35N3O5S/c1-6-19(2)26-25(30)20(3)27(16-15-21-11-8-7-9-12-21)24(29)18-28(34(5,31)32)22-13-10-14-23(17-22)33-4/h7-14,17,19-20H,6,15-16,18H2,1-5H3,(H,26,30)/t19-,20-/m0/s1. The van der Waals surface area contributed by atoms with Crippen molar-refractivity contribution >= 4 is 27.5 Å². The van der Waals surface area contributed by atoms with E-state index >= 15 is 0 Å². The van der Waals surface area contributed by atoms with Crippen molar-refractivity contribution in [1.82, 2.24) is 10.2 Å².